The van der Waals surface area contributed by atoms with Gasteiger partial charge in [0.05, 0.1) is 6.61 Å². The van der Waals surface area contributed by atoms with Crippen LogP contribution in [0.4, 0.5) is 0 Å². The molecule has 0 aromatic heterocycles. The Balaban J connectivity index is 1.77. The molecule has 0 bridgehead atoms. The highest BCUT2D eigenvalue weighted by molar-refractivity contribution is 5.32. The smallest absolute Gasteiger partial charge is 0.123 e. The minimum Gasteiger partial charge on any atom is -0.493 e. The van der Waals surface area contributed by atoms with E-state index in [-0.39, 0.29) is 0 Å². The van der Waals surface area contributed by atoms with Crippen molar-refractivity contribution in [3.63, 3.8) is 0 Å². The fourth-order valence-electron chi connectivity index (χ4n) is 2.85. The van der Waals surface area contributed by atoms with Crippen molar-refractivity contribution in [1.29, 1.82) is 0 Å². The molecule has 1 fully saturated rings. The van der Waals surface area contributed by atoms with Crippen LogP contribution in [0, 0.1) is 5.92 Å². The highest BCUT2D eigenvalue weighted by Gasteiger charge is 2.12. The normalized spacial score (nSPS) is 17.0. The van der Waals surface area contributed by atoms with Gasteiger partial charge in [-0.3, -0.25) is 0 Å². The SMILES string of the molecule is CNCCOc1cccc(OCC2CCCCCCC2)c1. The summed E-state index contributed by atoms with van der Waals surface area (Å²) in [6.07, 6.45) is 9.56. The third-order valence-corrected chi connectivity index (χ3v) is 4.14. The van der Waals surface area contributed by atoms with E-state index in [0.29, 0.717) is 6.61 Å². The van der Waals surface area contributed by atoms with Gasteiger partial charge < -0.3 is 14.8 Å². The topological polar surface area (TPSA) is 30.5 Å². The van der Waals surface area contributed by atoms with Crippen LogP contribution in [0.2, 0.25) is 0 Å². The molecule has 118 valence electrons. The van der Waals surface area contributed by atoms with Crippen molar-refractivity contribution in [2.75, 3.05) is 26.8 Å². The molecule has 0 radical (unpaired) electrons. The van der Waals surface area contributed by atoms with Gasteiger partial charge in [0, 0.05) is 12.6 Å². The highest BCUT2D eigenvalue weighted by Crippen LogP contribution is 2.25. The zero-order valence-electron chi connectivity index (χ0n) is 13.3. The first-order valence-electron chi connectivity index (χ1n) is 8.39. The lowest BCUT2D eigenvalue weighted by molar-refractivity contribution is 0.217. The average Bonchev–Trinajstić information content (AvgIpc) is 2.47. The molecular weight excluding hydrogens is 262 g/mol. The molecule has 2 rings (SSSR count). The summed E-state index contributed by atoms with van der Waals surface area (Å²) in [7, 11) is 1.93. The number of hydrogen-bond acceptors (Lipinski definition) is 3. The number of ether oxygens (including phenoxy) is 2. The van der Waals surface area contributed by atoms with E-state index < -0.39 is 0 Å². The first-order valence-corrected chi connectivity index (χ1v) is 8.39. The highest BCUT2D eigenvalue weighted by atomic mass is 16.5. The number of nitrogens with one attached hydrogen (secondary N) is 1. The van der Waals surface area contributed by atoms with Crippen molar-refractivity contribution >= 4 is 0 Å². The standard InChI is InChI=1S/C18H29NO2/c1-19-12-13-20-17-10-7-11-18(14-17)21-15-16-8-5-3-2-4-6-9-16/h7,10-11,14,16,19H,2-6,8-9,12-13,15H2,1H3. The number of benzene rings is 1. The van der Waals surface area contributed by atoms with Crippen molar-refractivity contribution in [3.05, 3.63) is 24.3 Å². The Kier molecular flexibility index (Phi) is 7.44. The molecule has 3 nitrogen and oxygen atoms in total. The Morgan fingerprint density at radius 3 is 2.38 bits per heavy atom. The maximum atomic E-state index is 5.99. The predicted molar refractivity (Wildman–Crippen MR) is 87.2 cm³/mol. The number of hydrogen-bond donors (Lipinski definition) is 1. The van der Waals surface area contributed by atoms with Crippen LogP contribution in [0.5, 0.6) is 11.5 Å². The molecule has 0 saturated heterocycles. The van der Waals surface area contributed by atoms with Crippen LogP contribution < -0.4 is 14.8 Å². The van der Waals surface area contributed by atoms with Crippen molar-refractivity contribution in [3.8, 4) is 11.5 Å². The summed E-state index contributed by atoms with van der Waals surface area (Å²) in [5.41, 5.74) is 0. The van der Waals surface area contributed by atoms with Crippen molar-refractivity contribution in [2.24, 2.45) is 5.92 Å². The third kappa shape index (κ3) is 6.38. The van der Waals surface area contributed by atoms with Crippen molar-refractivity contribution in [1.82, 2.24) is 5.32 Å². The fourth-order valence-corrected chi connectivity index (χ4v) is 2.85. The van der Waals surface area contributed by atoms with Crippen LogP contribution in [-0.4, -0.2) is 26.8 Å². The number of likely N-dealkylation sites (N-methyl/N-ethyl adjacent to an activating group) is 1. The molecule has 0 amide bonds. The van der Waals surface area contributed by atoms with E-state index in [0.717, 1.165) is 30.6 Å². The summed E-state index contributed by atoms with van der Waals surface area (Å²) < 4.78 is 11.7. The Morgan fingerprint density at radius 2 is 1.67 bits per heavy atom. The summed E-state index contributed by atoms with van der Waals surface area (Å²) in [6.45, 7) is 2.38. The first kappa shape index (κ1) is 16.2. The summed E-state index contributed by atoms with van der Waals surface area (Å²) >= 11 is 0. The molecule has 0 heterocycles. The minimum absolute atomic E-state index is 0.683. The molecule has 3 heteroatoms. The third-order valence-electron chi connectivity index (χ3n) is 4.14. The maximum absolute atomic E-state index is 5.99. The van der Waals surface area contributed by atoms with Gasteiger partial charge in [0.25, 0.3) is 0 Å². The minimum atomic E-state index is 0.683. The van der Waals surface area contributed by atoms with Gasteiger partial charge in [-0.25, -0.2) is 0 Å². The quantitative estimate of drug-likeness (QED) is 0.770. The van der Waals surface area contributed by atoms with Crippen LogP contribution in [0.1, 0.15) is 44.9 Å². The van der Waals surface area contributed by atoms with Crippen LogP contribution in [0.25, 0.3) is 0 Å². The molecule has 1 aromatic carbocycles. The second kappa shape index (κ2) is 9.67. The summed E-state index contributed by atoms with van der Waals surface area (Å²) in [6, 6.07) is 8.01. The second-order valence-corrected chi connectivity index (χ2v) is 5.95. The van der Waals surface area contributed by atoms with Gasteiger partial charge in [-0.2, -0.15) is 0 Å². The Bertz CT molecular complexity index is 387. The molecule has 0 unspecified atom stereocenters. The van der Waals surface area contributed by atoms with E-state index >= 15 is 0 Å². The molecule has 1 aliphatic rings. The van der Waals surface area contributed by atoms with Gasteiger partial charge in [0.2, 0.25) is 0 Å². The zero-order chi connectivity index (χ0) is 14.8. The largest absolute Gasteiger partial charge is 0.493 e. The average molecular weight is 291 g/mol. The molecule has 0 spiro atoms. The monoisotopic (exact) mass is 291 g/mol. The van der Waals surface area contributed by atoms with Gasteiger partial charge in [0.15, 0.2) is 0 Å². The van der Waals surface area contributed by atoms with Gasteiger partial charge in [-0.15, -0.1) is 0 Å². The van der Waals surface area contributed by atoms with Crippen LogP contribution >= 0.6 is 0 Å². The van der Waals surface area contributed by atoms with E-state index in [1.165, 1.54) is 44.9 Å². The van der Waals surface area contributed by atoms with E-state index in [4.69, 9.17) is 9.47 Å². The van der Waals surface area contributed by atoms with Crippen molar-refractivity contribution in [2.45, 2.75) is 44.9 Å². The Labute approximate surface area is 129 Å². The van der Waals surface area contributed by atoms with Crippen LogP contribution in [0.15, 0.2) is 24.3 Å². The summed E-state index contributed by atoms with van der Waals surface area (Å²) in [5, 5.41) is 3.08. The van der Waals surface area contributed by atoms with Gasteiger partial charge in [-0.1, -0.05) is 38.2 Å². The predicted octanol–water partition coefficient (Wildman–Crippen LogP) is 4.02. The molecule has 0 atom stereocenters. The maximum Gasteiger partial charge on any atom is 0.123 e. The molecule has 1 aromatic rings. The Morgan fingerprint density at radius 1 is 1.00 bits per heavy atom. The van der Waals surface area contributed by atoms with Crippen LogP contribution in [0.3, 0.4) is 0 Å². The van der Waals surface area contributed by atoms with E-state index in [9.17, 15) is 0 Å². The van der Waals surface area contributed by atoms with Gasteiger partial charge in [-0.05, 0) is 37.9 Å². The van der Waals surface area contributed by atoms with Gasteiger partial charge >= 0.3 is 0 Å². The molecule has 1 saturated carbocycles. The molecule has 1 N–H and O–H groups in total. The Hall–Kier alpha value is -1.22. The first-order chi connectivity index (χ1) is 10.4. The van der Waals surface area contributed by atoms with Crippen molar-refractivity contribution < 1.29 is 9.47 Å². The summed E-state index contributed by atoms with van der Waals surface area (Å²) in [4.78, 5) is 0. The molecule has 21 heavy (non-hydrogen) atoms. The second-order valence-electron chi connectivity index (χ2n) is 5.95. The molecule has 0 aliphatic heterocycles. The van der Waals surface area contributed by atoms with E-state index in [1.54, 1.807) is 0 Å². The molecule has 1 aliphatic carbocycles. The number of rotatable bonds is 7. The molecular formula is C18H29NO2. The lowest BCUT2D eigenvalue weighted by Gasteiger charge is -2.20. The van der Waals surface area contributed by atoms with E-state index in [2.05, 4.69) is 5.32 Å². The summed E-state index contributed by atoms with van der Waals surface area (Å²) in [5.74, 6) is 2.54. The van der Waals surface area contributed by atoms with E-state index in [1.807, 2.05) is 31.3 Å². The van der Waals surface area contributed by atoms with Gasteiger partial charge in [0.1, 0.15) is 18.1 Å². The lowest BCUT2D eigenvalue weighted by atomic mass is 9.92. The fraction of sp³-hybridized carbons (Fsp3) is 0.667. The lowest BCUT2D eigenvalue weighted by Crippen LogP contribution is -2.16. The zero-order valence-corrected chi connectivity index (χ0v) is 13.3. The van der Waals surface area contributed by atoms with Crippen LogP contribution in [-0.2, 0) is 0 Å².